The predicted octanol–water partition coefficient (Wildman–Crippen LogP) is 9.97. The fourth-order valence-electron chi connectivity index (χ4n) is 7.97. The zero-order chi connectivity index (χ0) is 26.9. The highest BCUT2D eigenvalue weighted by Crippen LogP contribution is 2.48. The van der Waals surface area contributed by atoms with Gasteiger partial charge in [0.15, 0.2) is 0 Å². The molecule has 2 aliphatic carbocycles. The van der Waals surface area contributed by atoms with Gasteiger partial charge in [0.05, 0.1) is 0 Å². The lowest BCUT2D eigenvalue weighted by Crippen LogP contribution is -2.47. The largest absolute Gasteiger partial charge is 0.370 e. The van der Waals surface area contributed by atoms with Crippen LogP contribution in [-0.2, 0) is 18.3 Å². The van der Waals surface area contributed by atoms with E-state index in [0.29, 0.717) is 5.92 Å². The van der Waals surface area contributed by atoms with Crippen LogP contribution in [-0.4, -0.2) is 13.1 Å². The second-order valence-corrected chi connectivity index (χ2v) is 13.9. The molecule has 0 bridgehead atoms. The van der Waals surface area contributed by atoms with Crippen LogP contribution in [0.5, 0.6) is 0 Å². The molecule has 5 unspecified atom stereocenters. The molecule has 0 radical (unpaired) electrons. The highest BCUT2D eigenvalue weighted by atomic mass is 35.5. The van der Waals surface area contributed by atoms with E-state index in [0.717, 1.165) is 35.2 Å². The van der Waals surface area contributed by atoms with Gasteiger partial charge in [-0.25, -0.2) is 0 Å². The van der Waals surface area contributed by atoms with E-state index in [1.54, 1.807) is 11.1 Å². The van der Waals surface area contributed by atoms with Gasteiger partial charge in [-0.2, -0.15) is 0 Å². The van der Waals surface area contributed by atoms with Crippen molar-refractivity contribution in [3.05, 3.63) is 75.8 Å². The SMILES string of the molecule is CCC(/C=C/C(C)C1CCC1CN1CC2(CCCc3cc(Cl)ccc32)CCc2ccc(C)cc21)CC(C)C. The first-order chi connectivity index (χ1) is 18.3. The molecule has 38 heavy (non-hydrogen) atoms. The summed E-state index contributed by atoms with van der Waals surface area (Å²) in [6, 6.07) is 14.0. The van der Waals surface area contributed by atoms with Crippen molar-refractivity contribution >= 4 is 17.3 Å². The minimum absolute atomic E-state index is 0.237. The quantitative estimate of drug-likeness (QED) is 0.306. The normalized spacial score (nSPS) is 26.7. The summed E-state index contributed by atoms with van der Waals surface area (Å²) < 4.78 is 0. The van der Waals surface area contributed by atoms with Crippen LogP contribution in [0.15, 0.2) is 48.6 Å². The molecule has 0 aromatic heterocycles. The van der Waals surface area contributed by atoms with Gasteiger partial charge in [-0.15, -0.1) is 0 Å². The topological polar surface area (TPSA) is 3.24 Å². The third kappa shape index (κ3) is 5.89. The van der Waals surface area contributed by atoms with Crippen molar-refractivity contribution in [3.63, 3.8) is 0 Å². The summed E-state index contributed by atoms with van der Waals surface area (Å²) in [5.41, 5.74) is 7.77. The smallest absolute Gasteiger partial charge is 0.0408 e. The second-order valence-electron chi connectivity index (χ2n) is 13.5. The number of aryl methyl sites for hydroxylation is 3. The monoisotopic (exact) mass is 531 g/mol. The van der Waals surface area contributed by atoms with Crippen LogP contribution < -0.4 is 4.90 Å². The van der Waals surface area contributed by atoms with Crippen LogP contribution >= 0.6 is 11.6 Å². The summed E-state index contributed by atoms with van der Waals surface area (Å²) >= 11 is 6.46. The first kappa shape index (κ1) is 27.8. The Morgan fingerprint density at radius 1 is 1.00 bits per heavy atom. The Labute approximate surface area is 238 Å². The molecular weight excluding hydrogens is 482 g/mol. The molecule has 3 aliphatic rings. The Balaban J connectivity index is 1.39. The van der Waals surface area contributed by atoms with E-state index in [1.807, 2.05) is 0 Å². The number of anilines is 1. The number of benzene rings is 2. The van der Waals surface area contributed by atoms with Crippen molar-refractivity contribution < 1.29 is 0 Å². The Morgan fingerprint density at radius 2 is 1.84 bits per heavy atom. The van der Waals surface area contributed by atoms with Crippen LogP contribution in [0, 0.1) is 36.5 Å². The standard InChI is InChI=1S/C36H50ClN/c1-6-28(20-25(2)3)11-10-27(5)33-15-13-31(33)23-38-24-36(19-17-29-12-9-26(4)21-35(29)38)18-7-8-30-22-32(37)14-16-34(30)36/h9-12,14,16,21-22,25,27-28,31,33H,6-8,13,15,17-20,23-24H2,1-5H3/b11-10+. The molecule has 0 N–H and O–H groups in total. The van der Waals surface area contributed by atoms with Crippen LogP contribution in [0.25, 0.3) is 0 Å². The molecule has 0 saturated heterocycles. The third-order valence-corrected chi connectivity index (χ3v) is 10.5. The van der Waals surface area contributed by atoms with Crippen molar-refractivity contribution in [2.75, 3.05) is 18.0 Å². The Bertz CT molecular complexity index is 1130. The molecule has 1 aliphatic heterocycles. The molecule has 1 nitrogen and oxygen atoms in total. The van der Waals surface area contributed by atoms with E-state index in [9.17, 15) is 0 Å². The molecule has 206 valence electrons. The number of hydrogen-bond donors (Lipinski definition) is 0. The molecule has 1 spiro atoms. The van der Waals surface area contributed by atoms with Crippen molar-refractivity contribution in [2.24, 2.45) is 29.6 Å². The van der Waals surface area contributed by atoms with Gasteiger partial charge in [-0.1, -0.05) is 69.6 Å². The summed E-state index contributed by atoms with van der Waals surface area (Å²) in [6.07, 6.45) is 16.6. The Morgan fingerprint density at radius 3 is 2.58 bits per heavy atom. The van der Waals surface area contributed by atoms with E-state index in [-0.39, 0.29) is 5.41 Å². The molecule has 2 heteroatoms. The maximum Gasteiger partial charge on any atom is 0.0408 e. The number of allylic oxidation sites excluding steroid dienone is 2. The average molecular weight is 532 g/mol. The molecule has 2 aromatic carbocycles. The summed E-state index contributed by atoms with van der Waals surface area (Å²) in [5, 5.41) is 0.892. The van der Waals surface area contributed by atoms with E-state index >= 15 is 0 Å². The minimum Gasteiger partial charge on any atom is -0.370 e. The zero-order valence-corrected chi connectivity index (χ0v) is 25.4. The molecule has 2 aromatic rings. The van der Waals surface area contributed by atoms with Crippen LogP contribution in [0.1, 0.15) is 94.9 Å². The number of halogens is 1. The maximum atomic E-state index is 6.46. The maximum absolute atomic E-state index is 6.46. The van der Waals surface area contributed by atoms with E-state index in [2.05, 4.69) is 88.1 Å². The third-order valence-electron chi connectivity index (χ3n) is 10.3. The number of hydrogen-bond acceptors (Lipinski definition) is 1. The minimum atomic E-state index is 0.237. The van der Waals surface area contributed by atoms with Gasteiger partial charge >= 0.3 is 0 Å². The first-order valence-corrected chi connectivity index (χ1v) is 16.0. The highest BCUT2D eigenvalue weighted by molar-refractivity contribution is 6.30. The lowest BCUT2D eigenvalue weighted by Gasteiger charge is -2.46. The lowest BCUT2D eigenvalue weighted by atomic mass is 9.66. The summed E-state index contributed by atoms with van der Waals surface area (Å²) in [7, 11) is 0. The van der Waals surface area contributed by atoms with Crippen molar-refractivity contribution in [2.45, 2.75) is 97.8 Å². The molecule has 1 saturated carbocycles. The fraction of sp³-hybridized carbons (Fsp3) is 0.611. The first-order valence-electron chi connectivity index (χ1n) is 15.6. The van der Waals surface area contributed by atoms with Crippen molar-refractivity contribution in [1.29, 1.82) is 0 Å². The van der Waals surface area contributed by atoms with Crippen LogP contribution in [0.3, 0.4) is 0 Å². The summed E-state index contributed by atoms with van der Waals surface area (Å²) in [5.74, 6) is 3.78. The number of fused-ring (bicyclic) bond motifs is 3. The van der Waals surface area contributed by atoms with Crippen LogP contribution in [0.2, 0.25) is 5.02 Å². The van der Waals surface area contributed by atoms with Gasteiger partial charge in [-0.3, -0.25) is 0 Å². The molecular formula is C36H50ClN. The molecule has 1 heterocycles. The Hall–Kier alpha value is -1.73. The summed E-state index contributed by atoms with van der Waals surface area (Å²) in [6.45, 7) is 14.2. The van der Waals surface area contributed by atoms with Crippen molar-refractivity contribution in [3.8, 4) is 0 Å². The lowest BCUT2D eigenvalue weighted by molar-refractivity contribution is 0.137. The average Bonchev–Trinajstić information content (AvgIpc) is 3.01. The van der Waals surface area contributed by atoms with E-state index < -0.39 is 0 Å². The predicted molar refractivity (Wildman–Crippen MR) is 166 cm³/mol. The van der Waals surface area contributed by atoms with Gasteiger partial charge in [0.25, 0.3) is 0 Å². The van der Waals surface area contributed by atoms with Gasteiger partial charge < -0.3 is 4.90 Å². The van der Waals surface area contributed by atoms with Gasteiger partial charge in [-0.05, 0) is 135 Å². The van der Waals surface area contributed by atoms with E-state index in [4.69, 9.17) is 11.6 Å². The molecule has 5 atom stereocenters. The number of nitrogens with zero attached hydrogens (tertiary/aromatic N) is 1. The van der Waals surface area contributed by atoms with Gasteiger partial charge in [0.1, 0.15) is 0 Å². The molecule has 1 fully saturated rings. The Kier molecular flexibility index (Phi) is 8.63. The fourth-order valence-corrected chi connectivity index (χ4v) is 8.16. The van der Waals surface area contributed by atoms with Gasteiger partial charge in [0.2, 0.25) is 0 Å². The van der Waals surface area contributed by atoms with Gasteiger partial charge in [0, 0.05) is 29.2 Å². The van der Waals surface area contributed by atoms with Crippen molar-refractivity contribution in [1.82, 2.24) is 0 Å². The van der Waals surface area contributed by atoms with E-state index in [1.165, 1.54) is 81.1 Å². The van der Waals surface area contributed by atoms with Crippen LogP contribution in [0.4, 0.5) is 5.69 Å². The number of rotatable bonds is 8. The molecule has 0 amide bonds. The second kappa shape index (κ2) is 11.8. The zero-order valence-electron chi connectivity index (χ0n) is 24.6. The summed E-state index contributed by atoms with van der Waals surface area (Å²) in [4.78, 5) is 2.83. The highest BCUT2D eigenvalue weighted by Gasteiger charge is 2.42. The molecule has 5 rings (SSSR count).